The lowest BCUT2D eigenvalue weighted by Gasteiger charge is -2.19. The van der Waals surface area contributed by atoms with Crippen molar-refractivity contribution in [1.82, 2.24) is 0 Å². The van der Waals surface area contributed by atoms with Crippen molar-refractivity contribution < 1.29 is 13.6 Å². The minimum atomic E-state index is -0.722. The Labute approximate surface area is 104 Å². The van der Waals surface area contributed by atoms with Gasteiger partial charge < -0.3 is 10.6 Å². The van der Waals surface area contributed by atoms with Crippen molar-refractivity contribution >= 4 is 24.0 Å². The average Bonchev–Trinajstić information content (AvgIpc) is 2.31. The fourth-order valence-corrected chi connectivity index (χ4v) is 1.98. The van der Waals surface area contributed by atoms with Gasteiger partial charge in [-0.15, -0.1) is 12.4 Å². The SMILES string of the molecule is CN1C(=O)C(N)CCc2cc(F)cc(F)c21.Cl. The molecule has 1 atom stereocenters. The molecule has 1 aliphatic heterocycles. The van der Waals surface area contributed by atoms with Crippen LogP contribution in [0.5, 0.6) is 0 Å². The molecular formula is C11H13ClF2N2O. The number of nitrogens with zero attached hydrogens (tertiary/aromatic N) is 1. The van der Waals surface area contributed by atoms with Gasteiger partial charge in [0.25, 0.3) is 0 Å². The molecule has 0 fully saturated rings. The van der Waals surface area contributed by atoms with Crippen molar-refractivity contribution in [2.24, 2.45) is 5.73 Å². The molecule has 0 aromatic heterocycles. The predicted octanol–water partition coefficient (Wildman–Crippen LogP) is 1.62. The zero-order valence-corrected chi connectivity index (χ0v) is 10.1. The Morgan fingerprint density at radius 2 is 2.06 bits per heavy atom. The van der Waals surface area contributed by atoms with Gasteiger partial charge in [0, 0.05) is 13.1 Å². The Morgan fingerprint density at radius 3 is 2.71 bits per heavy atom. The van der Waals surface area contributed by atoms with E-state index in [-0.39, 0.29) is 24.0 Å². The number of benzene rings is 1. The van der Waals surface area contributed by atoms with Crippen LogP contribution in [0.2, 0.25) is 0 Å². The zero-order valence-electron chi connectivity index (χ0n) is 9.24. The van der Waals surface area contributed by atoms with E-state index < -0.39 is 17.7 Å². The number of hydrogen-bond acceptors (Lipinski definition) is 2. The fourth-order valence-electron chi connectivity index (χ4n) is 1.98. The lowest BCUT2D eigenvalue weighted by atomic mass is 10.1. The van der Waals surface area contributed by atoms with E-state index in [0.717, 1.165) is 6.07 Å². The molecule has 0 bridgehead atoms. The summed E-state index contributed by atoms with van der Waals surface area (Å²) in [4.78, 5) is 12.9. The summed E-state index contributed by atoms with van der Waals surface area (Å²) in [6.45, 7) is 0. The molecule has 0 radical (unpaired) electrons. The molecule has 3 nitrogen and oxygen atoms in total. The van der Waals surface area contributed by atoms with Crippen LogP contribution >= 0.6 is 12.4 Å². The molecule has 2 N–H and O–H groups in total. The first-order valence-electron chi connectivity index (χ1n) is 5.02. The van der Waals surface area contributed by atoms with Gasteiger partial charge in [-0.1, -0.05) is 0 Å². The molecule has 0 saturated heterocycles. The minimum absolute atomic E-state index is 0. The van der Waals surface area contributed by atoms with Gasteiger partial charge in [0.05, 0.1) is 11.7 Å². The standard InChI is InChI=1S/C11H12F2N2O.ClH/c1-15-10-6(2-3-9(14)11(15)16)4-7(12)5-8(10)13;/h4-5,9H,2-3,14H2,1H3;1H. The van der Waals surface area contributed by atoms with Crippen molar-refractivity contribution in [3.05, 3.63) is 29.3 Å². The molecule has 1 aromatic rings. The maximum absolute atomic E-state index is 13.6. The number of hydrogen-bond donors (Lipinski definition) is 1. The van der Waals surface area contributed by atoms with Gasteiger partial charge in [-0.3, -0.25) is 4.79 Å². The van der Waals surface area contributed by atoms with Gasteiger partial charge in [-0.25, -0.2) is 8.78 Å². The molecule has 2 rings (SSSR count). The summed E-state index contributed by atoms with van der Waals surface area (Å²) in [6.07, 6.45) is 0.806. The van der Waals surface area contributed by atoms with Crippen LogP contribution in [-0.4, -0.2) is 19.0 Å². The largest absolute Gasteiger partial charge is 0.320 e. The minimum Gasteiger partial charge on any atom is -0.320 e. The zero-order chi connectivity index (χ0) is 11.9. The summed E-state index contributed by atoms with van der Waals surface area (Å²) in [5.74, 6) is -1.70. The number of aryl methyl sites for hydroxylation is 1. The van der Waals surface area contributed by atoms with Crippen LogP contribution in [0.4, 0.5) is 14.5 Å². The van der Waals surface area contributed by atoms with Crippen molar-refractivity contribution in [2.75, 3.05) is 11.9 Å². The number of likely N-dealkylation sites (N-methyl/N-ethyl adjacent to an activating group) is 1. The number of amides is 1. The monoisotopic (exact) mass is 262 g/mol. The van der Waals surface area contributed by atoms with Crippen molar-refractivity contribution in [3.63, 3.8) is 0 Å². The van der Waals surface area contributed by atoms with Crippen LogP contribution in [0.1, 0.15) is 12.0 Å². The van der Waals surface area contributed by atoms with Gasteiger partial charge in [0.1, 0.15) is 11.6 Å². The molecular weight excluding hydrogens is 250 g/mol. The quantitative estimate of drug-likeness (QED) is 0.772. The Kier molecular flexibility index (Phi) is 4.06. The third-order valence-electron chi connectivity index (χ3n) is 2.81. The molecule has 6 heteroatoms. The lowest BCUT2D eigenvalue weighted by Crippen LogP contribution is -2.40. The molecule has 1 unspecified atom stereocenters. The van der Waals surface area contributed by atoms with E-state index in [2.05, 4.69) is 0 Å². The summed E-state index contributed by atoms with van der Waals surface area (Å²) < 4.78 is 26.6. The molecule has 1 aliphatic rings. The number of halogens is 3. The van der Waals surface area contributed by atoms with Crippen molar-refractivity contribution in [1.29, 1.82) is 0 Å². The van der Waals surface area contributed by atoms with Crippen molar-refractivity contribution in [3.8, 4) is 0 Å². The summed E-state index contributed by atoms with van der Waals surface area (Å²) >= 11 is 0. The number of rotatable bonds is 0. The highest BCUT2D eigenvalue weighted by Gasteiger charge is 2.27. The van der Waals surface area contributed by atoms with Crippen LogP contribution in [0, 0.1) is 11.6 Å². The van der Waals surface area contributed by atoms with E-state index in [1.54, 1.807) is 0 Å². The second-order valence-corrected chi connectivity index (χ2v) is 3.94. The molecule has 0 saturated carbocycles. The molecule has 94 valence electrons. The third kappa shape index (κ3) is 2.40. The van der Waals surface area contributed by atoms with E-state index >= 15 is 0 Å². The Morgan fingerprint density at radius 1 is 1.41 bits per heavy atom. The van der Waals surface area contributed by atoms with E-state index in [9.17, 15) is 13.6 Å². The number of nitrogens with two attached hydrogens (primary N) is 1. The summed E-state index contributed by atoms with van der Waals surface area (Å²) in [7, 11) is 1.45. The van der Waals surface area contributed by atoms with E-state index in [1.165, 1.54) is 18.0 Å². The molecule has 1 heterocycles. The smallest absolute Gasteiger partial charge is 0.243 e. The van der Waals surface area contributed by atoms with Crippen LogP contribution in [0.3, 0.4) is 0 Å². The average molecular weight is 263 g/mol. The first-order chi connectivity index (χ1) is 7.50. The fraction of sp³-hybridized carbons (Fsp3) is 0.364. The summed E-state index contributed by atoms with van der Waals surface area (Å²) in [6, 6.07) is 1.37. The lowest BCUT2D eigenvalue weighted by molar-refractivity contribution is -0.119. The summed E-state index contributed by atoms with van der Waals surface area (Å²) in [5.41, 5.74) is 6.25. The number of fused-ring (bicyclic) bond motifs is 1. The van der Waals surface area contributed by atoms with Crippen molar-refractivity contribution in [2.45, 2.75) is 18.9 Å². The maximum Gasteiger partial charge on any atom is 0.243 e. The molecule has 1 amide bonds. The molecule has 17 heavy (non-hydrogen) atoms. The van der Waals surface area contributed by atoms with Gasteiger partial charge >= 0.3 is 0 Å². The Bertz CT molecular complexity index is 453. The highest BCUT2D eigenvalue weighted by atomic mass is 35.5. The van der Waals surface area contributed by atoms with E-state index in [1.807, 2.05) is 0 Å². The first-order valence-corrected chi connectivity index (χ1v) is 5.02. The number of carbonyl (C=O) groups excluding carboxylic acids is 1. The normalized spacial score (nSPS) is 19.4. The molecule has 1 aromatic carbocycles. The Balaban J connectivity index is 0.00000144. The number of carbonyl (C=O) groups is 1. The van der Waals surface area contributed by atoms with Crippen LogP contribution in [0.15, 0.2) is 12.1 Å². The van der Waals surface area contributed by atoms with Gasteiger partial charge in [0.15, 0.2) is 0 Å². The topological polar surface area (TPSA) is 46.3 Å². The van der Waals surface area contributed by atoms with Crippen LogP contribution in [-0.2, 0) is 11.2 Å². The van der Waals surface area contributed by atoms with E-state index in [0.29, 0.717) is 18.4 Å². The van der Waals surface area contributed by atoms with E-state index in [4.69, 9.17) is 5.73 Å². The molecule has 0 aliphatic carbocycles. The molecule has 0 spiro atoms. The first kappa shape index (κ1) is 13.9. The third-order valence-corrected chi connectivity index (χ3v) is 2.81. The highest BCUT2D eigenvalue weighted by molar-refractivity contribution is 5.98. The maximum atomic E-state index is 13.6. The second kappa shape index (κ2) is 4.98. The summed E-state index contributed by atoms with van der Waals surface area (Å²) in [5, 5.41) is 0. The van der Waals surface area contributed by atoms with Crippen LogP contribution < -0.4 is 10.6 Å². The predicted molar refractivity (Wildman–Crippen MR) is 63.3 cm³/mol. The van der Waals surface area contributed by atoms with Gasteiger partial charge in [0.2, 0.25) is 5.91 Å². The van der Waals surface area contributed by atoms with Crippen LogP contribution in [0.25, 0.3) is 0 Å². The van der Waals surface area contributed by atoms with Gasteiger partial charge in [-0.05, 0) is 24.5 Å². The highest BCUT2D eigenvalue weighted by Crippen LogP contribution is 2.29. The Hall–Kier alpha value is -1.20. The second-order valence-electron chi connectivity index (χ2n) is 3.94. The number of anilines is 1. The van der Waals surface area contributed by atoms with Gasteiger partial charge in [-0.2, -0.15) is 0 Å².